The summed E-state index contributed by atoms with van der Waals surface area (Å²) in [6, 6.07) is 4.00. The van der Waals surface area contributed by atoms with E-state index in [1.165, 1.54) is 30.8 Å². The maximum absolute atomic E-state index is 14.2. The van der Waals surface area contributed by atoms with Crippen molar-refractivity contribution in [2.45, 2.75) is 65.0 Å². The van der Waals surface area contributed by atoms with Crippen LogP contribution >= 0.6 is 0 Å². The molecule has 1 saturated heterocycles. The van der Waals surface area contributed by atoms with E-state index in [4.69, 9.17) is 4.74 Å². The SMILES string of the molecule is CCN(C(=O)c1cc(F)ccc1Oc1cncnc1N1CC[C@@H](CNCC2CCC(NS(C)(=O)=O)CC2)C1)C(C)C. The molecule has 1 amide bonds. The van der Waals surface area contributed by atoms with E-state index >= 15 is 0 Å². The van der Waals surface area contributed by atoms with Crippen LogP contribution in [0.2, 0.25) is 0 Å². The summed E-state index contributed by atoms with van der Waals surface area (Å²) in [5, 5.41) is 3.63. The first kappa shape index (κ1) is 31.1. The van der Waals surface area contributed by atoms with Gasteiger partial charge in [-0.1, -0.05) is 0 Å². The zero-order valence-corrected chi connectivity index (χ0v) is 25.3. The third kappa shape index (κ3) is 8.59. The predicted octanol–water partition coefficient (Wildman–Crippen LogP) is 3.80. The van der Waals surface area contributed by atoms with E-state index in [1.807, 2.05) is 20.8 Å². The van der Waals surface area contributed by atoms with Crippen LogP contribution in [0.5, 0.6) is 11.5 Å². The van der Waals surface area contributed by atoms with Crippen LogP contribution in [0.15, 0.2) is 30.7 Å². The predicted molar refractivity (Wildman–Crippen MR) is 157 cm³/mol. The lowest BCUT2D eigenvalue weighted by Crippen LogP contribution is -2.39. The molecule has 0 spiro atoms. The largest absolute Gasteiger partial charge is 0.451 e. The Kier molecular flexibility index (Phi) is 10.5. The van der Waals surface area contributed by atoms with Gasteiger partial charge >= 0.3 is 0 Å². The van der Waals surface area contributed by atoms with Gasteiger partial charge < -0.3 is 19.9 Å². The van der Waals surface area contributed by atoms with Crippen LogP contribution in [0, 0.1) is 17.7 Å². The number of nitrogens with one attached hydrogen (secondary N) is 2. The molecule has 1 aromatic carbocycles. The molecule has 12 heteroatoms. The minimum absolute atomic E-state index is 0.0405. The number of halogens is 1. The Morgan fingerprint density at radius 1 is 1.15 bits per heavy atom. The molecule has 2 heterocycles. The van der Waals surface area contributed by atoms with Crippen LogP contribution < -0.4 is 19.7 Å². The second-order valence-electron chi connectivity index (χ2n) is 11.5. The van der Waals surface area contributed by atoms with E-state index in [2.05, 4.69) is 24.9 Å². The fourth-order valence-electron chi connectivity index (χ4n) is 5.87. The van der Waals surface area contributed by atoms with Crippen molar-refractivity contribution in [3.05, 3.63) is 42.1 Å². The van der Waals surface area contributed by atoms with Gasteiger partial charge in [-0.05, 0) is 96.0 Å². The summed E-state index contributed by atoms with van der Waals surface area (Å²) in [4.78, 5) is 25.7. The smallest absolute Gasteiger partial charge is 0.257 e. The molecule has 2 fully saturated rings. The van der Waals surface area contributed by atoms with Crippen molar-refractivity contribution in [2.24, 2.45) is 11.8 Å². The highest BCUT2D eigenvalue weighted by atomic mass is 32.2. The van der Waals surface area contributed by atoms with Gasteiger partial charge in [-0.2, -0.15) is 0 Å². The van der Waals surface area contributed by atoms with Crippen molar-refractivity contribution in [1.82, 2.24) is 24.9 Å². The molecule has 1 atom stereocenters. The number of carbonyl (C=O) groups is 1. The second-order valence-corrected chi connectivity index (χ2v) is 13.3. The Morgan fingerprint density at radius 2 is 1.88 bits per heavy atom. The minimum Gasteiger partial charge on any atom is -0.451 e. The average molecular weight is 591 g/mol. The number of sulfonamides is 1. The first-order valence-electron chi connectivity index (χ1n) is 14.5. The third-order valence-electron chi connectivity index (χ3n) is 7.95. The molecule has 2 aliphatic rings. The zero-order chi connectivity index (χ0) is 29.6. The van der Waals surface area contributed by atoms with E-state index in [9.17, 15) is 17.6 Å². The number of amides is 1. The molecule has 0 radical (unpaired) electrons. The molecule has 4 rings (SSSR count). The number of carbonyl (C=O) groups excluding carboxylic acids is 1. The molecule has 1 aliphatic carbocycles. The van der Waals surface area contributed by atoms with E-state index in [1.54, 1.807) is 11.1 Å². The summed E-state index contributed by atoms with van der Waals surface area (Å²) in [6.07, 6.45) is 9.07. The summed E-state index contributed by atoms with van der Waals surface area (Å²) in [6.45, 7) is 9.67. The third-order valence-corrected chi connectivity index (χ3v) is 8.72. The number of ether oxygens (including phenoxy) is 1. The van der Waals surface area contributed by atoms with E-state index in [-0.39, 0.29) is 29.3 Å². The second kappa shape index (κ2) is 13.9. The highest BCUT2D eigenvalue weighted by Gasteiger charge is 2.28. The fraction of sp³-hybridized carbons (Fsp3) is 0.621. The van der Waals surface area contributed by atoms with Gasteiger partial charge in [-0.25, -0.2) is 27.5 Å². The Bertz CT molecular complexity index is 1290. The molecular weight excluding hydrogens is 547 g/mol. The lowest BCUT2D eigenvalue weighted by atomic mass is 9.86. The maximum atomic E-state index is 14.2. The van der Waals surface area contributed by atoms with Crippen LogP contribution in [-0.4, -0.2) is 80.3 Å². The highest BCUT2D eigenvalue weighted by molar-refractivity contribution is 7.88. The molecular formula is C29H43FN6O4S. The summed E-state index contributed by atoms with van der Waals surface area (Å²) in [5.41, 5.74) is 0.167. The average Bonchev–Trinajstić information content (AvgIpc) is 3.39. The Hall–Kier alpha value is -2.83. The van der Waals surface area contributed by atoms with Crippen molar-refractivity contribution >= 4 is 21.7 Å². The molecule has 1 aliphatic heterocycles. The molecule has 10 nitrogen and oxygen atoms in total. The van der Waals surface area contributed by atoms with Crippen molar-refractivity contribution < 1.29 is 22.3 Å². The Balaban J connectivity index is 1.34. The van der Waals surface area contributed by atoms with E-state index in [0.29, 0.717) is 29.9 Å². The monoisotopic (exact) mass is 590 g/mol. The van der Waals surface area contributed by atoms with Crippen LogP contribution in [-0.2, 0) is 10.0 Å². The number of benzene rings is 1. The maximum Gasteiger partial charge on any atom is 0.257 e. The molecule has 1 saturated carbocycles. The van der Waals surface area contributed by atoms with Gasteiger partial charge in [0, 0.05) is 31.7 Å². The fourth-order valence-corrected chi connectivity index (χ4v) is 6.71. The van der Waals surface area contributed by atoms with Crippen LogP contribution in [0.1, 0.15) is 63.2 Å². The van der Waals surface area contributed by atoms with Gasteiger partial charge in [-0.3, -0.25) is 4.79 Å². The normalized spacial score (nSPS) is 21.3. The molecule has 226 valence electrons. The van der Waals surface area contributed by atoms with Gasteiger partial charge in [-0.15, -0.1) is 0 Å². The lowest BCUT2D eigenvalue weighted by molar-refractivity contribution is 0.0713. The van der Waals surface area contributed by atoms with Crippen LogP contribution in [0.4, 0.5) is 10.2 Å². The summed E-state index contributed by atoms with van der Waals surface area (Å²) in [7, 11) is -3.15. The number of nitrogens with zero attached hydrogens (tertiary/aromatic N) is 4. The van der Waals surface area contributed by atoms with Crippen molar-refractivity contribution in [2.75, 3.05) is 43.9 Å². The minimum atomic E-state index is -3.15. The van der Waals surface area contributed by atoms with Gasteiger partial charge in [0.05, 0.1) is 18.0 Å². The number of aromatic nitrogens is 2. The van der Waals surface area contributed by atoms with Crippen LogP contribution in [0.3, 0.4) is 0 Å². The quantitative estimate of drug-likeness (QED) is 0.384. The zero-order valence-electron chi connectivity index (χ0n) is 24.5. The first-order chi connectivity index (χ1) is 19.5. The van der Waals surface area contributed by atoms with Crippen molar-refractivity contribution in [3.8, 4) is 11.5 Å². The number of hydrogen-bond donors (Lipinski definition) is 2. The van der Waals surface area contributed by atoms with Gasteiger partial charge in [0.2, 0.25) is 10.0 Å². The summed E-state index contributed by atoms with van der Waals surface area (Å²) < 4.78 is 46.1. The Labute approximate surface area is 243 Å². The van der Waals surface area contributed by atoms with Gasteiger partial charge in [0.25, 0.3) is 5.91 Å². The van der Waals surface area contributed by atoms with Crippen LogP contribution in [0.25, 0.3) is 0 Å². The number of rotatable bonds is 12. The molecule has 0 bridgehead atoms. The number of hydrogen-bond acceptors (Lipinski definition) is 8. The number of anilines is 1. The van der Waals surface area contributed by atoms with Gasteiger partial charge in [0.1, 0.15) is 17.9 Å². The van der Waals surface area contributed by atoms with E-state index in [0.717, 1.165) is 58.3 Å². The van der Waals surface area contributed by atoms with Gasteiger partial charge in [0.15, 0.2) is 11.6 Å². The first-order valence-corrected chi connectivity index (χ1v) is 16.4. The van der Waals surface area contributed by atoms with E-state index < -0.39 is 15.8 Å². The highest BCUT2D eigenvalue weighted by Crippen LogP contribution is 2.35. The lowest BCUT2D eigenvalue weighted by Gasteiger charge is -2.29. The molecule has 2 aromatic rings. The van der Waals surface area contributed by atoms with Crippen molar-refractivity contribution in [3.63, 3.8) is 0 Å². The Morgan fingerprint density at radius 3 is 2.56 bits per heavy atom. The molecule has 2 N–H and O–H groups in total. The molecule has 1 aromatic heterocycles. The van der Waals surface area contributed by atoms with Crippen molar-refractivity contribution in [1.29, 1.82) is 0 Å². The summed E-state index contributed by atoms with van der Waals surface area (Å²) in [5.74, 6) is 1.55. The molecule has 41 heavy (non-hydrogen) atoms. The topological polar surface area (TPSA) is 117 Å². The summed E-state index contributed by atoms with van der Waals surface area (Å²) >= 11 is 0. The molecule has 0 unspecified atom stereocenters. The standard InChI is InChI=1S/C29H43FN6O4S/c1-5-36(20(2)3)29(37)25-14-23(30)8-11-26(25)40-27-17-32-19-33-28(27)35-13-12-22(18-35)16-31-15-21-6-9-24(10-7-21)34-41(4,38)39/h8,11,14,17,19-22,24,31,34H,5-7,9-10,12-13,15-16,18H2,1-4H3/t21?,22-,24?/m0/s1.